The normalized spacial score (nSPS) is 16.7. The van der Waals surface area contributed by atoms with Crippen LogP contribution in [0.1, 0.15) is 37.0 Å². The van der Waals surface area contributed by atoms with E-state index in [0.717, 1.165) is 35.2 Å². The molecule has 3 rings (SSSR count). The molecule has 1 aliphatic rings. The standard InChI is InChI=1S/C22H25ClN2O2/c1-4-15-8-6-9-16(5-2)21(15)25-13-17(12-20(25)26)22(27)24-19-11-7-10-18(23)14(19)3/h6-11,17H,4-5,12-13H2,1-3H3,(H,24,27). The summed E-state index contributed by atoms with van der Waals surface area (Å²) in [5.74, 6) is -0.498. The molecule has 27 heavy (non-hydrogen) atoms. The number of aryl methyl sites for hydroxylation is 2. The first-order chi connectivity index (χ1) is 13.0. The van der Waals surface area contributed by atoms with Gasteiger partial charge in [0.25, 0.3) is 0 Å². The number of carbonyl (C=O) groups excluding carboxylic acids is 2. The van der Waals surface area contributed by atoms with Gasteiger partial charge in [0, 0.05) is 29.4 Å². The third kappa shape index (κ3) is 3.86. The van der Waals surface area contributed by atoms with Gasteiger partial charge in [0.05, 0.1) is 5.92 Å². The summed E-state index contributed by atoms with van der Waals surface area (Å²) in [7, 11) is 0. The average Bonchev–Trinajstić information content (AvgIpc) is 3.06. The van der Waals surface area contributed by atoms with E-state index < -0.39 is 0 Å². The molecule has 2 aromatic carbocycles. The highest BCUT2D eigenvalue weighted by Crippen LogP contribution is 2.33. The number of benzene rings is 2. The van der Waals surface area contributed by atoms with Gasteiger partial charge in [-0.2, -0.15) is 0 Å². The largest absolute Gasteiger partial charge is 0.325 e. The summed E-state index contributed by atoms with van der Waals surface area (Å²) in [6.07, 6.45) is 1.93. The molecule has 0 spiro atoms. The van der Waals surface area contributed by atoms with E-state index in [1.165, 1.54) is 0 Å². The molecule has 0 bridgehead atoms. The molecule has 1 unspecified atom stereocenters. The van der Waals surface area contributed by atoms with Crippen LogP contribution in [0.25, 0.3) is 0 Å². The molecule has 0 saturated carbocycles. The third-order valence-corrected chi connectivity index (χ3v) is 5.67. The van der Waals surface area contributed by atoms with Gasteiger partial charge >= 0.3 is 0 Å². The first kappa shape index (κ1) is 19.4. The Morgan fingerprint density at radius 2 is 1.78 bits per heavy atom. The smallest absolute Gasteiger partial charge is 0.229 e. The zero-order valence-corrected chi connectivity index (χ0v) is 16.8. The van der Waals surface area contributed by atoms with Gasteiger partial charge in [-0.1, -0.05) is 49.7 Å². The molecular formula is C22H25ClN2O2. The van der Waals surface area contributed by atoms with Gasteiger partial charge in [0.1, 0.15) is 0 Å². The Bertz CT molecular complexity index is 856. The Hall–Kier alpha value is -2.33. The number of hydrogen-bond donors (Lipinski definition) is 1. The van der Waals surface area contributed by atoms with Crippen molar-refractivity contribution in [1.29, 1.82) is 0 Å². The number of nitrogens with zero attached hydrogens (tertiary/aromatic N) is 1. The van der Waals surface area contributed by atoms with Gasteiger partial charge in [-0.05, 0) is 48.6 Å². The summed E-state index contributed by atoms with van der Waals surface area (Å²) in [6, 6.07) is 11.6. The summed E-state index contributed by atoms with van der Waals surface area (Å²) in [5, 5.41) is 3.55. The van der Waals surface area contributed by atoms with Crippen molar-refractivity contribution >= 4 is 34.8 Å². The molecule has 4 nitrogen and oxygen atoms in total. The number of carbonyl (C=O) groups is 2. The van der Waals surface area contributed by atoms with Crippen molar-refractivity contribution in [3.05, 3.63) is 58.1 Å². The maximum absolute atomic E-state index is 12.8. The second-order valence-corrected chi connectivity index (χ2v) is 7.35. The quantitative estimate of drug-likeness (QED) is 0.807. The second-order valence-electron chi connectivity index (χ2n) is 6.94. The molecule has 0 aromatic heterocycles. The topological polar surface area (TPSA) is 49.4 Å². The predicted molar refractivity (Wildman–Crippen MR) is 110 cm³/mol. The molecule has 1 atom stereocenters. The number of nitrogens with one attached hydrogen (secondary N) is 1. The van der Waals surface area contributed by atoms with Crippen LogP contribution in [0.4, 0.5) is 11.4 Å². The minimum Gasteiger partial charge on any atom is -0.325 e. The Labute approximate surface area is 165 Å². The molecule has 1 N–H and O–H groups in total. The van der Waals surface area contributed by atoms with Crippen LogP contribution >= 0.6 is 11.6 Å². The van der Waals surface area contributed by atoms with Crippen LogP contribution in [0.2, 0.25) is 5.02 Å². The van der Waals surface area contributed by atoms with Crippen LogP contribution in [0, 0.1) is 12.8 Å². The third-order valence-electron chi connectivity index (χ3n) is 5.26. The predicted octanol–water partition coefficient (Wildman–Crippen LogP) is 4.76. The van der Waals surface area contributed by atoms with Crippen molar-refractivity contribution in [3.63, 3.8) is 0 Å². The van der Waals surface area contributed by atoms with Crippen molar-refractivity contribution in [1.82, 2.24) is 0 Å². The highest BCUT2D eigenvalue weighted by atomic mass is 35.5. The number of halogens is 1. The maximum atomic E-state index is 12.8. The van der Waals surface area contributed by atoms with Crippen LogP contribution in [-0.4, -0.2) is 18.4 Å². The molecule has 2 aromatic rings. The maximum Gasteiger partial charge on any atom is 0.229 e. The molecule has 1 saturated heterocycles. The van der Waals surface area contributed by atoms with Crippen molar-refractivity contribution < 1.29 is 9.59 Å². The van der Waals surface area contributed by atoms with Gasteiger partial charge in [0.2, 0.25) is 11.8 Å². The highest BCUT2D eigenvalue weighted by molar-refractivity contribution is 6.31. The molecule has 1 aliphatic heterocycles. The van der Waals surface area contributed by atoms with Crippen molar-refractivity contribution in [2.45, 2.75) is 40.0 Å². The van der Waals surface area contributed by atoms with E-state index in [1.807, 2.05) is 25.1 Å². The van der Waals surface area contributed by atoms with Crippen molar-refractivity contribution in [3.8, 4) is 0 Å². The summed E-state index contributed by atoms with van der Waals surface area (Å²) >= 11 is 6.14. The molecule has 5 heteroatoms. The van der Waals surface area contributed by atoms with Gasteiger partial charge in [-0.3, -0.25) is 9.59 Å². The number of para-hydroxylation sites is 1. The Morgan fingerprint density at radius 3 is 2.41 bits per heavy atom. The number of rotatable bonds is 5. The van der Waals surface area contributed by atoms with Crippen LogP contribution in [0.15, 0.2) is 36.4 Å². The van der Waals surface area contributed by atoms with E-state index in [4.69, 9.17) is 11.6 Å². The molecular weight excluding hydrogens is 360 g/mol. The van der Waals surface area contributed by atoms with Crippen LogP contribution in [-0.2, 0) is 22.4 Å². The SMILES string of the molecule is CCc1cccc(CC)c1N1CC(C(=O)Nc2cccc(Cl)c2C)CC1=O. The fourth-order valence-electron chi connectivity index (χ4n) is 3.64. The van der Waals surface area contributed by atoms with Gasteiger partial charge < -0.3 is 10.2 Å². The minimum absolute atomic E-state index is 0.00793. The zero-order chi connectivity index (χ0) is 19.6. The average molecular weight is 385 g/mol. The molecule has 1 fully saturated rings. The Morgan fingerprint density at radius 1 is 1.15 bits per heavy atom. The van der Waals surface area contributed by atoms with E-state index in [0.29, 0.717) is 17.3 Å². The van der Waals surface area contributed by atoms with Crippen molar-refractivity contribution in [2.75, 3.05) is 16.8 Å². The minimum atomic E-state index is -0.370. The van der Waals surface area contributed by atoms with E-state index in [-0.39, 0.29) is 24.2 Å². The first-order valence-corrected chi connectivity index (χ1v) is 9.81. The van der Waals surface area contributed by atoms with Crippen LogP contribution < -0.4 is 10.2 Å². The Kier molecular flexibility index (Phi) is 5.85. The lowest BCUT2D eigenvalue weighted by Gasteiger charge is -2.23. The summed E-state index contributed by atoms with van der Waals surface area (Å²) in [6.45, 7) is 6.46. The number of amides is 2. The van der Waals surface area contributed by atoms with Gasteiger partial charge in [-0.15, -0.1) is 0 Å². The molecule has 142 valence electrons. The fraction of sp³-hybridized carbons (Fsp3) is 0.364. The van der Waals surface area contributed by atoms with E-state index in [1.54, 1.807) is 11.0 Å². The lowest BCUT2D eigenvalue weighted by Crippen LogP contribution is -2.29. The summed E-state index contributed by atoms with van der Waals surface area (Å²) in [4.78, 5) is 27.3. The number of anilines is 2. The zero-order valence-electron chi connectivity index (χ0n) is 16.0. The molecule has 1 heterocycles. The van der Waals surface area contributed by atoms with Crippen LogP contribution in [0.5, 0.6) is 0 Å². The molecule has 2 amide bonds. The Balaban J connectivity index is 1.82. The van der Waals surface area contributed by atoms with Crippen LogP contribution in [0.3, 0.4) is 0 Å². The van der Waals surface area contributed by atoms with Gasteiger partial charge in [0.15, 0.2) is 0 Å². The molecule has 0 aliphatic carbocycles. The fourth-order valence-corrected chi connectivity index (χ4v) is 3.81. The monoisotopic (exact) mass is 384 g/mol. The van der Waals surface area contributed by atoms with E-state index in [2.05, 4.69) is 31.3 Å². The first-order valence-electron chi connectivity index (χ1n) is 9.43. The second kappa shape index (κ2) is 8.13. The van der Waals surface area contributed by atoms with Gasteiger partial charge in [-0.25, -0.2) is 0 Å². The lowest BCUT2D eigenvalue weighted by molar-refractivity contribution is -0.122. The summed E-state index contributed by atoms with van der Waals surface area (Å²) < 4.78 is 0. The highest BCUT2D eigenvalue weighted by Gasteiger charge is 2.36. The van der Waals surface area contributed by atoms with E-state index >= 15 is 0 Å². The molecule has 0 radical (unpaired) electrons. The van der Waals surface area contributed by atoms with E-state index in [9.17, 15) is 9.59 Å². The van der Waals surface area contributed by atoms with Crippen molar-refractivity contribution in [2.24, 2.45) is 5.92 Å². The number of hydrogen-bond acceptors (Lipinski definition) is 2. The lowest BCUT2D eigenvalue weighted by atomic mass is 10.0. The summed E-state index contributed by atoms with van der Waals surface area (Å²) in [5.41, 5.74) is 4.81.